The number of hydrogen-bond donors (Lipinski definition) is 0. The first-order valence-corrected chi connectivity index (χ1v) is 13.0. The van der Waals surface area contributed by atoms with E-state index in [4.69, 9.17) is 8.85 Å². The van der Waals surface area contributed by atoms with E-state index < -0.39 is 16.8 Å². The zero-order chi connectivity index (χ0) is 15.9. The van der Waals surface area contributed by atoms with E-state index in [1.165, 1.54) is 23.8 Å². The molecule has 0 radical (unpaired) electrons. The lowest BCUT2D eigenvalue weighted by molar-refractivity contribution is 0.251. The first-order chi connectivity index (χ1) is 10.0. The van der Waals surface area contributed by atoms with Crippen molar-refractivity contribution in [2.45, 2.75) is 45.5 Å². The summed E-state index contributed by atoms with van der Waals surface area (Å²) in [6.07, 6.45) is 0.908. The number of rotatable bonds is 9. The lowest BCUT2D eigenvalue weighted by atomic mass is 10.3. The molecule has 0 saturated heterocycles. The van der Waals surface area contributed by atoms with Crippen LogP contribution in [0.3, 0.4) is 0 Å². The molecule has 5 heteroatoms. The topological polar surface area (TPSA) is 21.7 Å². The molecule has 1 rings (SSSR count). The summed E-state index contributed by atoms with van der Waals surface area (Å²) in [5.74, 6) is 0. The van der Waals surface area contributed by atoms with E-state index in [1.807, 2.05) is 0 Å². The van der Waals surface area contributed by atoms with Gasteiger partial charge in [0.15, 0.2) is 8.24 Å². The Bertz CT molecular complexity index is 398. The summed E-state index contributed by atoms with van der Waals surface area (Å²) in [4.78, 5) is 0. The van der Waals surface area contributed by atoms with Crippen molar-refractivity contribution in [1.82, 2.24) is 0 Å². The number of benzene rings is 1. The van der Waals surface area contributed by atoms with Gasteiger partial charge in [0.25, 0.3) is 0 Å². The standard InChI is InChI=1S/C16H31NO2Si2/c1-7-21(8-2,9-3)17(15-20(6,18-4)19-5)16-13-11-10-12-14-16/h10-14H,7-9,15H2,1-6H3. The maximum Gasteiger partial charge on any atom is 0.353 e. The van der Waals surface area contributed by atoms with Crippen LogP contribution in [0.15, 0.2) is 30.3 Å². The molecular formula is C16H31NO2Si2. The normalized spacial score (nSPS) is 12.5. The highest BCUT2D eigenvalue weighted by Crippen LogP contribution is 2.31. The third-order valence-corrected chi connectivity index (χ3v) is 13.4. The zero-order valence-corrected chi connectivity index (χ0v) is 16.5. The maximum atomic E-state index is 5.76. The second kappa shape index (κ2) is 8.12. The van der Waals surface area contributed by atoms with Crippen molar-refractivity contribution in [3.63, 3.8) is 0 Å². The summed E-state index contributed by atoms with van der Waals surface area (Å²) < 4.78 is 14.2. The Labute approximate surface area is 132 Å². The summed E-state index contributed by atoms with van der Waals surface area (Å²) >= 11 is 0. The van der Waals surface area contributed by atoms with Gasteiger partial charge in [-0.3, -0.25) is 0 Å². The molecule has 0 atom stereocenters. The Balaban J connectivity index is 3.23. The summed E-state index contributed by atoms with van der Waals surface area (Å²) in [6, 6.07) is 14.6. The Kier molecular flexibility index (Phi) is 7.13. The molecule has 0 aromatic heterocycles. The second-order valence-corrected chi connectivity index (χ2v) is 14.3. The van der Waals surface area contributed by atoms with Crippen molar-refractivity contribution in [1.29, 1.82) is 0 Å². The SMILES string of the molecule is CC[Si](CC)(CC)N(C[Si](C)(OC)OC)c1ccccc1. The first-order valence-electron chi connectivity index (χ1n) is 7.93. The molecule has 0 amide bonds. The van der Waals surface area contributed by atoms with Gasteiger partial charge in [0.1, 0.15) is 0 Å². The Hall–Kier alpha value is -0.626. The lowest BCUT2D eigenvalue weighted by Crippen LogP contribution is -2.60. The van der Waals surface area contributed by atoms with E-state index in [9.17, 15) is 0 Å². The number of para-hydroxylation sites is 1. The van der Waals surface area contributed by atoms with Crippen molar-refractivity contribution < 1.29 is 8.85 Å². The Morgan fingerprint density at radius 3 is 1.76 bits per heavy atom. The molecule has 21 heavy (non-hydrogen) atoms. The van der Waals surface area contributed by atoms with E-state index in [0.717, 1.165) is 6.17 Å². The van der Waals surface area contributed by atoms with Gasteiger partial charge in [-0.25, -0.2) is 0 Å². The molecule has 0 heterocycles. The molecule has 0 spiro atoms. The molecule has 0 bridgehead atoms. The Morgan fingerprint density at radius 1 is 0.905 bits per heavy atom. The summed E-state index contributed by atoms with van der Waals surface area (Å²) in [7, 11) is -0.0957. The van der Waals surface area contributed by atoms with Gasteiger partial charge < -0.3 is 13.4 Å². The van der Waals surface area contributed by atoms with Crippen molar-refractivity contribution >= 4 is 22.5 Å². The smallest absolute Gasteiger partial charge is 0.353 e. The number of anilines is 1. The predicted octanol–water partition coefficient (Wildman–Crippen LogP) is 4.40. The molecule has 1 aromatic carbocycles. The van der Waals surface area contributed by atoms with Crippen LogP contribution in [0.4, 0.5) is 5.69 Å². The molecule has 1 aromatic rings. The van der Waals surface area contributed by atoms with Crippen LogP contribution in [0.25, 0.3) is 0 Å². The number of nitrogens with zero attached hydrogens (tertiary/aromatic N) is 1. The molecule has 0 saturated carbocycles. The van der Waals surface area contributed by atoms with Crippen LogP contribution in [0.1, 0.15) is 20.8 Å². The van der Waals surface area contributed by atoms with E-state index in [1.54, 1.807) is 14.2 Å². The highest BCUT2D eigenvalue weighted by Gasteiger charge is 2.41. The van der Waals surface area contributed by atoms with E-state index in [-0.39, 0.29) is 0 Å². The van der Waals surface area contributed by atoms with E-state index in [0.29, 0.717) is 0 Å². The van der Waals surface area contributed by atoms with Crippen LogP contribution in [0.2, 0.25) is 24.7 Å². The minimum atomic E-state index is -2.14. The number of hydrogen-bond acceptors (Lipinski definition) is 3. The van der Waals surface area contributed by atoms with Gasteiger partial charge in [0.2, 0.25) is 0 Å². The first kappa shape index (κ1) is 18.4. The van der Waals surface area contributed by atoms with Crippen molar-refractivity contribution in [3.05, 3.63) is 30.3 Å². The molecule has 0 N–H and O–H groups in total. The second-order valence-electron chi connectivity index (χ2n) is 5.75. The molecular weight excluding hydrogens is 294 g/mol. The van der Waals surface area contributed by atoms with Gasteiger partial charge in [-0.2, -0.15) is 0 Å². The van der Waals surface area contributed by atoms with Crippen LogP contribution in [-0.4, -0.2) is 37.2 Å². The van der Waals surface area contributed by atoms with Gasteiger partial charge in [-0.05, 0) is 36.8 Å². The average Bonchev–Trinajstić information content (AvgIpc) is 2.56. The third kappa shape index (κ3) is 4.19. The lowest BCUT2D eigenvalue weighted by Gasteiger charge is -2.45. The van der Waals surface area contributed by atoms with Crippen LogP contribution < -0.4 is 4.57 Å². The fourth-order valence-electron chi connectivity index (χ4n) is 2.96. The highest BCUT2D eigenvalue weighted by molar-refractivity contribution is 6.85. The molecule has 0 aliphatic heterocycles. The fourth-order valence-corrected chi connectivity index (χ4v) is 9.69. The maximum absolute atomic E-state index is 5.76. The van der Waals surface area contributed by atoms with E-state index in [2.05, 4.69) is 62.2 Å². The minimum absolute atomic E-state index is 0.908. The quantitative estimate of drug-likeness (QED) is 0.628. The van der Waals surface area contributed by atoms with Crippen LogP contribution >= 0.6 is 0 Å². The molecule has 0 fully saturated rings. The fraction of sp³-hybridized carbons (Fsp3) is 0.625. The molecule has 120 valence electrons. The van der Waals surface area contributed by atoms with E-state index >= 15 is 0 Å². The average molecular weight is 326 g/mol. The largest absolute Gasteiger partial charge is 0.397 e. The monoisotopic (exact) mass is 325 g/mol. The predicted molar refractivity (Wildman–Crippen MR) is 96.6 cm³/mol. The van der Waals surface area contributed by atoms with Crippen molar-refractivity contribution in [3.8, 4) is 0 Å². The summed E-state index contributed by atoms with van der Waals surface area (Å²) in [6.45, 7) is 9.18. The zero-order valence-electron chi connectivity index (χ0n) is 14.5. The highest BCUT2D eigenvalue weighted by atomic mass is 28.4. The third-order valence-electron chi connectivity index (χ3n) is 4.92. The van der Waals surface area contributed by atoms with Crippen LogP contribution in [0.5, 0.6) is 0 Å². The van der Waals surface area contributed by atoms with Gasteiger partial charge in [0, 0.05) is 19.9 Å². The van der Waals surface area contributed by atoms with Gasteiger partial charge in [0.05, 0.1) is 6.17 Å². The molecule has 0 aliphatic carbocycles. The van der Waals surface area contributed by atoms with Gasteiger partial charge in [-0.15, -0.1) is 0 Å². The van der Waals surface area contributed by atoms with Crippen molar-refractivity contribution in [2.75, 3.05) is 25.0 Å². The molecule has 3 nitrogen and oxygen atoms in total. The van der Waals surface area contributed by atoms with Gasteiger partial charge in [-0.1, -0.05) is 39.0 Å². The molecule has 0 unspecified atom stereocenters. The van der Waals surface area contributed by atoms with Crippen molar-refractivity contribution in [2.24, 2.45) is 0 Å². The van der Waals surface area contributed by atoms with Gasteiger partial charge >= 0.3 is 8.56 Å². The molecule has 0 aliphatic rings. The summed E-state index contributed by atoms with van der Waals surface area (Å²) in [5, 5.41) is 0. The van der Waals surface area contributed by atoms with Crippen LogP contribution in [0, 0.1) is 0 Å². The Morgan fingerprint density at radius 2 is 1.38 bits per heavy atom. The van der Waals surface area contributed by atoms with Crippen LogP contribution in [-0.2, 0) is 8.85 Å². The summed E-state index contributed by atoms with van der Waals surface area (Å²) in [5.41, 5.74) is 1.32. The minimum Gasteiger partial charge on any atom is -0.397 e.